The molecule has 0 N–H and O–H groups in total. The van der Waals surface area contributed by atoms with Gasteiger partial charge in [0.1, 0.15) is 5.82 Å². The molecule has 0 saturated carbocycles. The highest BCUT2D eigenvalue weighted by molar-refractivity contribution is 8.14. The summed E-state index contributed by atoms with van der Waals surface area (Å²) in [7, 11) is 0. The van der Waals surface area contributed by atoms with E-state index in [1.165, 1.54) is 6.07 Å². The molecule has 3 nitrogen and oxygen atoms in total. The smallest absolute Gasteiger partial charge is 0.273 e. The van der Waals surface area contributed by atoms with Crippen LogP contribution in [0.15, 0.2) is 24.3 Å². The largest absolute Gasteiger partial charge is 0.289 e. The minimum absolute atomic E-state index is 0.0251. The Balaban J connectivity index is 2.18. The summed E-state index contributed by atoms with van der Waals surface area (Å²) in [5.74, 6) is -0.490. The molecule has 15 heavy (non-hydrogen) atoms. The topological polar surface area (TPSA) is 37.4 Å². The second-order valence-electron chi connectivity index (χ2n) is 3.13. The lowest BCUT2D eigenvalue weighted by Crippen LogP contribution is -2.28. The lowest BCUT2D eigenvalue weighted by atomic mass is 10.2. The zero-order chi connectivity index (χ0) is 10.8. The number of carbonyl (C=O) groups is 2. The van der Waals surface area contributed by atoms with E-state index in [1.54, 1.807) is 18.2 Å². The molecule has 0 radical (unpaired) electrons. The van der Waals surface area contributed by atoms with Crippen LogP contribution >= 0.6 is 11.8 Å². The van der Waals surface area contributed by atoms with E-state index < -0.39 is 5.82 Å². The third kappa shape index (κ3) is 2.02. The fourth-order valence-electron chi connectivity index (χ4n) is 1.33. The highest BCUT2D eigenvalue weighted by Gasteiger charge is 2.30. The van der Waals surface area contributed by atoms with Crippen molar-refractivity contribution < 1.29 is 14.0 Å². The van der Waals surface area contributed by atoms with Gasteiger partial charge in [0.15, 0.2) is 0 Å². The van der Waals surface area contributed by atoms with Gasteiger partial charge < -0.3 is 0 Å². The van der Waals surface area contributed by atoms with Crippen molar-refractivity contribution in [2.24, 2.45) is 0 Å². The van der Waals surface area contributed by atoms with Crippen LogP contribution in [0.25, 0.3) is 0 Å². The van der Waals surface area contributed by atoms with Gasteiger partial charge >= 0.3 is 0 Å². The van der Waals surface area contributed by atoms with Crippen LogP contribution in [0.4, 0.5) is 9.18 Å². The SMILES string of the molecule is O=C1CSC(=O)N1Cc1ccccc1F. The monoisotopic (exact) mass is 225 g/mol. The van der Waals surface area contributed by atoms with Crippen molar-refractivity contribution >= 4 is 22.9 Å². The maximum absolute atomic E-state index is 13.2. The van der Waals surface area contributed by atoms with E-state index in [4.69, 9.17) is 0 Å². The molecule has 2 rings (SSSR count). The molecular formula is C10H8FNO2S. The van der Waals surface area contributed by atoms with Gasteiger partial charge in [-0.1, -0.05) is 30.0 Å². The molecule has 1 aromatic rings. The summed E-state index contributed by atoms with van der Waals surface area (Å²) in [6.07, 6.45) is 0. The van der Waals surface area contributed by atoms with Crippen molar-refractivity contribution in [2.45, 2.75) is 6.54 Å². The van der Waals surface area contributed by atoms with Crippen LogP contribution in [0.2, 0.25) is 0 Å². The first kappa shape index (κ1) is 10.2. The van der Waals surface area contributed by atoms with Crippen LogP contribution in [0.3, 0.4) is 0 Å². The first-order valence-electron chi connectivity index (χ1n) is 4.39. The summed E-state index contributed by atoms with van der Waals surface area (Å²) in [6.45, 7) is 0.0251. The average Bonchev–Trinajstić information content (AvgIpc) is 2.53. The van der Waals surface area contributed by atoms with E-state index >= 15 is 0 Å². The van der Waals surface area contributed by atoms with Crippen LogP contribution in [-0.2, 0) is 11.3 Å². The fraction of sp³-hybridized carbons (Fsp3) is 0.200. The number of hydrogen-bond donors (Lipinski definition) is 0. The molecule has 78 valence electrons. The van der Waals surface area contributed by atoms with E-state index in [-0.39, 0.29) is 23.4 Å². The predicted molar refractivity (Wildman–Crippen MR) is 54.8 cm³/mol. The number of carbonyl (C=O) groups excluding carboxylic acids is 2. The summed E-state index contributed by atoms with van der Waals surface area (Å²) >= 11 is 0.954. The lowest BCUT2D eigenvalue weighted by molar-refractivity contribution is -0.125. The number of benzene rings is 1. The summed E-state index contributed by atoms with van der Waals surface area (Å²) in [4.78, 5) is 23.6. The first-order valence-corrected chi connectivity index (χ1v) is 5.37. The number of hydrogen-bond acceptors (Lipinski definition) is 3. The van der Waals surface area contributed by atoms with E-state index in [2.05, 4.69) is 0 Å². The average molecular weight is 225 g/mol. The quantitative estimate of drug-likeness (QED) is 0.772. The van der Waals surface area contributed by atoms with Gasteiger partial charge in [-0.25, -0.2) is 4.39 Å². The van der Waals surface area contributed by atoms with Crippen LogP contribution in [-0.4, -0.2) is 21.8 Å². The number of thioether (sulfide) groups is 1. The van der Waals surface area contributed by atoms with Crippen molar-refractivity contribution in [3.8, 4) is 0 Å². The molecule has 0 aromatic heterocycles. The Morgan fingerprint density at radius 2 is 2.07 bits per heavy atom. The van der Waals surface area contributed by atoms with Crippen molar-refractivity contribution in [3.05, 3.63) is 35.6 Å². The third-order valence-corrected chi connectivity index (χ3v) is 2.99. The van der Waals surface area contributed by atoms with Gasteiger partial charge in [0.2, 0.25) is 5.91 Å². The number of amides is 2. The van der Waals surface area contributed by atoms with Crippen LogP contribution in [0.1, 0.15) is 5.56 Å². The Kier molecular flexibility index (Phi) is 2.73. The highest BCUT2D eigenvalue weighted by atomic mass is 32.2. The molecule has 1 fully saturated rings. The molecule has 0 unspecified atom stereocenters. The third-order valence-electron chi connectivity index (χ3n) is 2.13. The van der Waals surface area contributed by atoms with Gasteiger partial charge in [-0.05, 0) is 6.07 Å². The first-order chi connectivity index (χ1) is 7.18. The Bertz CT molecular complexity index is 406. The Labute approximate surface area is 90.3 Å². The minimum Gasteiger partial charge on any atom is -0.273 e. The molecule has 1 aromatic carbocycles. The number of halogens is 1. The van der Waals surface area contributed by atoms with Crippen molar-refractivity contribution in [2.75, 3.05) is 5.75 Å². The molecule has 0 bridgehead atoms. The van der Waals surface area contributed by atoms with Gasteiger partial charge in [-0.2, -0.15) is 0 Å². The Morgan fingerprint density at radius 3 is 2.67 bits per heavy atom. The Hall–Kier alpha value is -1.36. The maximum Gasteiger partial charge on any atom is 0.289 e. The summed E-state index contributed by atoms with van der Waals surface area (Å²) < 4.78 is 13.2. The predicted octanol–water partition coefficient (Wildman–Crippen LogP) is 2.02. The van der Waals surface area contributed by atoms with Crippen molar-refractivity contribution in [1.82, 2.24) is 4.90 Å². The molecule has 5 heteroatoms. The fourth-order valence-corrected chi connectivity index (χ4v) is 2.06. The molecule has 0 spiro atoms. The molecule has 0 aliphatic carbocycles. The van der Waals surface area contributed by atoms with E-state index in [0.717, 1.165) is 16.7 Å². The van der Waals surface area contributed by atoms with Crippen LogP contribution in [0.5, 0.6) is 0 Å². The van der Waals surface area contributed by atoms with Gasteiger partial charge in [0.25, 0.3) is 5.24 Å². The molecular weight excluding hydrogens is 217 g/mol. The van der Waals surface area contributed by atoms with Crippen LogP contribution < -0.4 is 0 Å². The second-order valence-corrected chi connectivity index (χ2v) is 4.05. The highest BCUT2D eigenvalue weighted by Crippen LogP contribution is 2.21. The zero-order valence-corrected chi connectivity index (χ0v) is 8.59. The Morgan fingerprint density at radius 1 is 1.33 bits per heavy atom. The number of rotatable bonds is 2. The lowest BCUT2D eigenvalue weighted by Gasteiger charge is -2.12. The molecule has 1 heterocycles. The molecule has 1 aliphatic heterocycles. The second kappa shape index (κ2) is 4.02. The van der Waals surface area contributed by atoms with E-state index in [9.17, 15) is 14.0 Å². The van der Waals surface area contributed by atoms with Gasteiger partial charge in [0, 0.05) is 5.56 Å². The number of imide groups is 1. The number of nitrogens with zero attached hydrogens (tertiary/aromatic N) is 1. The van der Waals surface area contributed by atoms with Gasteiger partial charge in [-0.3, -0.25) is 14.5 Å². The van der Waals surface area contributed by atoms with E-state index in [1.807, 2.05) is 0 Å². The summed E-state index contributed by atoms with van der Waals surface area (Å²) in [5.41, 5.74) is 0.363. The van der Waals surface area contributed by atoms with Crippen molar-refractivity contribution in [1.29, 1.82) is 0 Å². The standard InChI is InChI=1S/C10H8FNO2S/c11-8-4-2-1-3-7(8)5-12-9(13)6-15-10(12)14/h1-4H,5-6H2. The van der Waals surface area contributed by atoms with Crippen molar-refractivity contribution in [3.63, 3.8) is 0 Å². The van der Waals surface area contributed by atoms with Gasteiger partial charge in [0.05, 0.1) is 12.3 Å². The zero-order valence-electron chi connectivity index (χ0n) is 7.77. The van der Waals surface area contributed by atoms with Crippen LogP contribution in [0, 0.1) is 5.82 Å². The summed E-state index contributed by atoms with van der Waals surface area (Å²) in [6, 6.07) is 6.13. The normalized spacial score (nSPS) is 16.2. The molecule has 1 aliphatic rings. The van der Waals surface area contributed by atoms with Gasteiger partial charge in [-0.15, -0.1) is 0 Å². The summed E-state index contributed by atoms with van der Waals surface area (Å²) in [5, 5.41) is -0.303. The maximum atomic E-state index is 13.2. The molecule has 2 amide bonds. The molecule has 1 saturated heterocycles. The minimum atomic E-state index is -0.394. The van der Waals surface area contributed by atoms with E-state index in [0.29, 0.717) is 5.56 Å². The molecule has 0 atom stereocenters.